The van der Waals surface area contributed by atoms with E-state index in [1.165, 1.54) is 0 Å². The maximum absolute atomic E-state index is 11.8. The van der Waals surface area contributed by atoms with E-state index in [1.807, 2.05) is 20.1 Å². The Labute approximate surface area is 113 Å². The van der Waals surface area contributed by atoms with E-state index in [1.54, 1.807) is 23.7 Å². The summed E-state index contributed by atoms with van der Waals surface area (Å²) in [5.74, 6) is 0.284. The van der Waals surface area contributed by atoms with E-state index in [0.717, 1.165) is 5.75 Å². The van der Waals surface area contributed by atoms with Gasteiger partial charge in [0.1, 0.15) is 0 Å². The molecule has 2 N–H and O–H groups in total. The Morgan fingerprint density at radius 2 is 2.00 bits per heavy atom. The summed E-state index contributed by atoms with van der Waals surface area (Å²) < 4.78 is 0. The number of carbonyl (C=O) groups is 2. The van der Waals surface area contributed by atoms with Crippen LogP contribution in [-0.2, 0) is 4.79 Å². The minimum atomic E-state index is -0.793. The third-order valence-electron chi connectivity index (χ3n) is 2.84. The first-order chi connectivity index (χ1) is 8.38. The normalized spacial score (nSPS) is 13.8. The summed E-state index contributed by atoms with van der Waals surface area (Å²) >= 11 is 1.70. The van der Waals surface area contributed by atoms with Gasteiger partial charge in [-0.2, -0.15) is 11.8 Å². The number of aliphatic carboxylic acids is 1. The zero-order chi connectivity index (χ0) is 14.1. The average Bonchev–Trinajstić information content (AvgIpc) is 2.32. The van der Waals surface area contributed by atoms with Gasteiger partial charge in [0, 0.05) is 31.8 Å². The SMILES string of the molecule is CSCC(C)N(C)C(=O)NCC(C)CCC(=O)O. The molecule has 0 aliphatic rings. The van der Waals surface area contributed by atoms with Gasteiger partial charge in [0.25, 0.3) is 0 Å². The summed E-state index contributed by atoms with van der Waals surface area (Å²) in [6.07, 6.45) is 2.74. The highest BCUT2D eigenvalue weighted by Gasteiger charge is 2.15. The summed E-state index contributed by atoms with van der Waals surface area (Å²) in [6, 6.07) is 0.0908. The van der Waals surface area contributed by atoms with Gasteiger partial charge in [-0.1, -0.05) is 6.92 Å². The molecule has 0 saturated carbocycles. The summed E-state index contributed by atoms with van der Waals surface area (Å²) in [5.41, 5.74) is 0. The number of carboxylic acid groups (broad SMARTS) is 1. The summed E-state index contributed by atoms with van der Waals surface area (Å²) in [5, 5.41) is 11.4. The molecule has 5 nitrogen and oxygen atoms in total. The monoisotopic (exact) mass is 276 g/mol. The molecule has 0 saturated heterocycles. The largest absolute Gasteiger partial charge is 0.481 e. The van der Waals surface area contributed by atoms with Crippen LogP contribution in [0, 0.1) is 5.92 Å². The van der Waals surface area contributed by atoms with Crippen LogP contribution in [0.4, 0.5) is 4.79 Å². The lowest BCUT2D eigenvalue weighted by Crippen LogP contribution is -2.44. The molecule has 0 aromatic rings. The highest BCUT2D eigenvalue weighted by atomic mass is 32.2. The molecule has 0 fully saturated rings. The van der Waals surface area contributed by atoms with Crippen molar-refractivity contribution in [2.24, 2.45) is 5.92 Å². The molecule has 0 bridgehead atoms. The van der Waals surface area contributed by atoms with Crippen LogP contribution in [0.5, 0.6) is 0 Å². The lowest BCUT2D eigenvalue weighted by molar-refractivity contribution is -0.137. The molecular weight excluding hydrogens is 252 g/mol. The zero-order valence-electron chi connectivity index (χ0n) is 11.6. The van der Waals surface area contributed by atoms with Crippen molar-refractivity contribution in [1.29, 1.82) is 0 Å². The molecule has 18 heavy (non-hydrogen) atoms. The van der Waals surface area contributed by atoms with E-state index in [-0.39, 0.29) is 24.4 Å². The van der Waals surface area contributed by atoms with Crippen molar-refractivity contribution >= 4 is 23.8 Å². The molecule has 0 aliphatic heterocycles. The maximum atomic E-state index is 11.8. The molecule has 0 spiro atoms. The Hall–Kier alpha value is -0.910. The molecule has 0 radical (unpaired) electrons. The van der Waals surface area contributed by atoms with Gasteiger partial charge in [0.05, 0.1) is 0 Å². The van der Waals surface area contributed by atoms with Crippen molar-refractivity contribution in [2.45, 2.75) is 32.7 Å². The lowest BCUT2D eigenvalue weighted by Gasteiger charge is -2.25. The number of carboxylic acids is 1. The smallest absolute Gasteiger partial charge is 0.317 e. The van der Waals surface area contributed by atoms with Gasteiger partial charge >= 0.3 is 12.0 Å². The van der Waals surface area contributed by atoms with Crippen LogP contribution in [0.1, 0.15) is 26.7 Å². The molecule has 2 unspecified atom stereocenters. The van der Waals surface area contributed by atoms with Gasteiger partial charge in [-0.05, 0) is 25.5 Å². The van der Waals surface area contributed by atoms with Gasteiger partial charge in [-0.3, -0.25) is 4.79 Å². The highest BCUT2D eigenvalue weighted by Crippen LogP contribution is 2.06. The summed E-state index contributed by atoms with van der Waals surface area (Å²) in [7, 11) is 1.78. The van der Waals surface area contributed by atoms with Gasteiger partial charge in [-0.15, -0.1) is 0 Å². The minimum Gasteiger partial charge on any atom is -0.481 e. The molecule has 0 aliphatic carbocycles. The predicted molar refractivity (Wildman–Crippen MR) is 75.0 cm³/mol. The summed E-state index contributed by atoms with van der Waals surface area (Å²) in [6.45, 7) is 4.46. The average molecular weight is 276 g/mol. The van der Waals surface area contributed by atoms with Crippen molar-refractivity contribution in [1.82, 2.24) is 10.2 Å². The molecular formula is C12H24N2O3S. The predicted octanol–water partition coefficient (Wildman–Crippen LogP) is 1.88. The van der Waals surface area contributed by atoms with E-state index in [9.17, 15) is 9.59 Å². The number of hydrogen-bond acceptors (Lipinski definition) is 3. The Kier molecular flexibility index (Phi) is 8.62. The Balaban J connectivity index is 3.90. The van der Waals surface area contributed by atoms with Crippen molar-refractivity contribution < 1.29 is 14.7 Å². The molecule has 0 aromatic carbocycles. The van der Waals surface area contributed by atoms with E-state index >= 15 is 0 Å². The van der Waals surface area contributed by atoms with Crippen LogP contribution < -0.4 is 5.32 Å². The number of amides is 2. The summed E-state index contributed by atoms with van der Waals surface area (Å²) in [4.78, 5) is 23.9. The first-order valence-electron chi connectivity index (χ1n) is 6.09. The number of urea groups is 1. The molecule has 106 valence electrons. The fourth-order valence-corrected chi connectivity index (χ4v) is 2.12. The van der Waals surface area contributed by atoms with Gasteiger partial charge in [0.2, 0.25) is 0 Å². The Morgan fingerprint density at radius 1 is 1.39 bits per heavy atom. The van der Waals surface area contributed by atoms with Gasteiger partial charge in [0.15, 0.2) is 0 Å². The second-order valence-corrected chi connectivity index (χ2v) is 5.55. The van der Waals surface area contributed by atoms with E-state index in [2.05, 4.69) is 5.32 Å². The lowest BCUT2D eigenvalue weighted by atomic mass is 10.1. The molecule has 0 rings (SSSR count). The van der Waals surface area contributed by atoms with Crippen molar-refractivity contribution in [2.75, 3.05) is 25.6 Å². The second-order valence-electron chi connectivity index (χ2n) is 4.64. The molecule has 0 heterocycles. The topological polar surface area (TPSA) is 69.6 Å². The first kappa shape index (κ1) is 17.1. The number of carbonyl (C=O) groups excluding carboxylic acids is 1. The van der Waals surface area contributed by atoms with E-state index in [0.29, 0.717) is 13.0 Å². The molecule has 0 aromatic heterocycles. The number of nitrogens with one attached hydrogen (secondary N) is 1. The van der Waals surface area contributed by atoms with Crippen LogP contribution in [0.3, 0.4) is 0 Å². The quantitative estimate of drug-likeness (QED) is 0.710. The Bertz CT molecular complexity index is 274. The standard InChI is InChI=1S/C12H24N2O3S/c1-9(5-6-11(15)16)7-13-12(17)14(3)10(2)8-18-4/h9-10H,5-8H2,1-4H3,(H,13,17)(H,15,16). The van der Waals surface area contributed by atoms with Crippen molar-refractivity contribution in [3.8, 4) is 0 Å². The zero-order valence-corrected chi connectivity index (χ0v) is 12.4. The fraction of sp³-hybridized carbons (Fsp3) is 0.833. The van der Waals surface area contributed by atoms with Crippen LogP contribution in [0.15, 0.2) is 0 Å². The highest BCUT2D eigenvalue weighted by molar-refractivity contribution is 7.98. The second kappa shape index (κ2) is 9.08. The van der Waals surface area contributed by atoms with Crippen molar-refractivity contribution in [3.05, 3.63) is 0 Å². The fourth-order valence-electron chi connectivity index (χ4n) is 1.41. The van der Waals surface area contributed by atoms with Crippen LogP contribution in [0.25, 0.3) is 0 Å². The number of thioether (sulfide) groups is 1. The third kappa shape index (κ3) is 7.42. The number of hydrogen-bond donors (Lipinski definition) is 2. The number of nitrogens with zero attached hydrogens (tertiary/aromatic N) is 1. The van der Waals surface area contributed by atoms with Gasteiger partial charge < -0.3 is 15.3 Å². The first-order valence-corrected chi connectivity index (χ1v) is 7.49. The minimum absolute atomic E-state index is 0.0984. The third-order valence-corrected chi connectivity index (χ3v) is 3.66. The molecule has 2 amide bonds. The van der Waals surface area contributed by atoms with E-state index < -0.39 is 5.97 Å². The van der Waals surface area contributed by atoms with Crippen molar-refractivity contribution in [3.63, 3.8) is 0 Å². The molecule has 2 atom stereocenters. The maximum Gasteiger partial charge on any atom is 0.317 e. The van der Waals surface area contributed by atoms with Gasteiger partial charge in [-0.25, -0.2) is 4.79 Å². The Morgan fingerprint density at radius 3 is 2.50 bits per heavy atom. The van der Waals surface area contributed by atoms with Crippen LogP contribution >= 0.6 is 11.8 Å². The van der Waals surface area contributed by atoms with Crippen LogP contribution in [-0.4, -0.2) is 53.6 Å². The van der Waals surface area contributed by atoms with Crippen LogP contribution in [0.2, 0.25) is 0 Å². The van der Waals surface area contributed by atoms with E-state index in [4.69, 9.17) is 5.11 Å². The number of rotatable bonds is 8. The molecule has 6 heteroatoms.